The molecule has 0 spiro atoms. The molecule has 0 N–H and O–H groups in total. The second kappa shape index (κ2) is 13.7. The normalized spacial score (nSPS) is 11.4. The molecule has 1 heterocycles. The van der Waals surface area contributed by atoms with Gasteiger partial charge in [-0.05, 0) is 49.5 Å². The minimum Gasteiger partial charge on any atom is -0.302 e. The largest absolute Gasteiger partial charge is 0.302 e. The molecule has 3 rings (SSSR count). The lowest BCUT2D eigenvalue weighted by Crippen LogP contribution is -2.39. The van der Waals surface area contributed by atoms with E-state index in [-0.39, 0.29) is 36.3 Å². The molecular formula is C26H33ClN4O3S2. The number of rotatable bonds is 13. The quantitative estimate of drug-likeness (QED) is 0.279. The van der Waals surface area contributed by atoms with Crippen LogP contribution in [-0.2, 0) is 10.0 Å². The maximum Gasteiger partial charge on any atom is 0.260 e. The highest BCUT2D eigenvalue weighted by Crippen LogP contribution is 2.30. The first-order valence-corrected chi connectivity index (χ1v) is 13.8. The van der Waals surface area contributed by atoms with Crippen LogP contribution in [0.25, 0.3) is 10.2 Å². The lowest BCUT2D eigenvalue weighted by Gasteiger charge is -2.25. The number of anilines is 1. The third-order valence-electron chi connectivity index (χ3n) is 5.70. The van der Waals surface area contributed by atoms with Crippen molar-refractivity contribution < 1.29 is 13.2 Å². The summed E-state index contributed by atoms with van der Waals surface area (Å²) in [7, 11) is -3.74. The monoisotopic (exact) mass is 548 g/mol. The van der Waals surface area contributed by atoms with Crippen molar-refractivity contribution in [2.24, 2.45) is 0 Å². The zero-order valence-corrected chi connectivity index (χ0v) is 23.1. The summed E-state index contributed by atoms with van der Waals surface area (Å²) in [5, 5.41) is 0.628. The summed E-state index contributed by atoms with van der Waals surface area (Å²) in [6.07, 6.45) is 3.06. The number of carbonyl (C=O) groups excluding carboxylic acids is 1. The van der Waals surface area contributed by atoms with Crippen LogP contribution in [0, 0.1) is 0 Å². The fraction of sp³-hybridized carbons (Fsp3) is 0.308. The number of halogens is 1. The first-order chi connectivity index (χ1) is 16.8. The van der Waals surface area contributed by atoms with E-state index < -0.39 is 10.0 Å². The minimum absolute atomic E-state index is 0. The number of hydrogen-bond donors (Lipinski definition) is 0. The van der Waals surface area contributed by atoms with Crippen molar-refractivity contribution in [3.8, 4) is 0 Å². The molecule has 3 aromatic rings. The highest BCUT2D eigenvalue weighted by Gasteiger charge is 2.25. The lowest BCUT2D eigenvalue weighted by atomic mass is 10.2. The van der Waals surface area contributed by atoms with E-state index in [1.54, 1.807) is 17.0 Å². The van der Waals surface area contributed by atoms with Crippen LogP contribution in [0.2, 0.25) is 0 Å². The topological polar surface area (TPSA) is 73.8 Å². The van der Waals surface area contributed by atoms with Gasteiger partial charge in [0.25, 0.3) is 5.91 Å². The van der Waals surface area contributed by atoms with Crippen LogP contribution < -0.4 is 4.90 Å². The van der Waals surface area contributed by atoms with Gasteiger partial charge in [-0.2, -0.15) is 4.31 Å². The number of carbonyl (C=O) groups is 1. The standard InChI is InChI=1S/C26H32N4O3S2.ClH/c1-5-17-29(18-6-2)35(32,33)22-15-13-21(14-16-22)25(31)30(20-19-28(7-3)8-4)26-27-23-11-9-10-12-24(23)34-26;/h5-6,9-16H,1-2,7-8,17-20H2,3-4H3;1H. The summed E-state index contributed by atoms with van der Waals surface area (Å²) in [6.45, 7) is 14.8. The van der Waals surface area contributed by atoms with Crippen LogP contribution in [0.15, 0.2) is 78.7 Å². The molecule has 0 aliphatic carbocycles. The molecule has 0 radical (unpaired) electrons. The predicted molar refractivity (Wildman–Crippen MR) is 152 cm³/mol. The molecule has 0 aliphatic heterocycles. The molecule has 0 aliphatic rings. The van der Waals surface area contributed by atoms with E-state index in [0.717, 1.165) is 23.3 Å². The molecule has 7 nitrogen and oxygen atoms in total. The van der Waals surface area contributed by atoms with E-state index >= 15 is 0 Å². The molecule has 0 fully saturated rings. The number of amides is 1. The predicted octanol–water partition coefficient (Wildman–Crippen LogP) is 5.07. The first-order valence-electron chi connectivity index (χ1n) is 11.6. The fourth-order valence-electron chi connectivity index (χ4n) is 3.67. The van der Waals surface area contributed by atoms with Crippen molar-refractivity contribution >= 4 is 55.0 Å². The van der Waals surface area contributed by atoms with Gasteiger partial charge in [-0.3, -0.25) is 9.69 Å². The van der Waals surface area contributed by atoms with Crippen molar-refractivity contribution in [1.82, 2.24) is 14.2 Å². The molecule has 2 aromatic carbocycles. The number of nitrogens with zero attached hydrogens (tertiary/aromatic N) is 4. The van der Waals surface area contributed by atoms with Gasteiger partial charge in [0.15, 0.2) is 5.13 Å². The van der Waals surface area contributed by atoms with Crippen molar-refractivity contribution in [1.29, 1.82) is 0 Å². The molecule has 10 heteroatoms. The number of hydrogen-bond acceptors (Lipinski definition) is 6. The highest BCUT2D eigenvalue weighted by atomic mass is 35.5. The number of sulfonamides is 1. The van der Waals surface area contributed by atoms with Gasteiger partial charge in [-0.1, -0.05) is 49.5 Å². The van der Waals surface area contributed by atoms with Crippen LogP contribution in [-0.4, -0.2) is 67.8 Å². The Balaban J connectivity index is 0.00000456. The van der Waals surface area contributed by atoms with Gasteiger partial charge in [-0.15, -0.1) is 25.6 Å². The SMILES string of the molecule is C=CCN(CC=C)S(=O)(=O)c1ccc(C(=O)N(CCN(CC)CC)c2nc3ccccc3s2)cc1.Cl. The molecule has 0 saturated carbocycles. The van der Waals surface area contributed by atoms with Crippen molar-refractivity contribution in [2.75, 3.05) is 44.2 Å². The van der Waals surface area contributed by atoms with E-state index in [0.29, 0.717) is 23.8 Å². The Morgan fingerprint density at radius 3 is 2.14 bits per heavy atom. The molecule has 1 aromatic heterocycles. The minimum atomic E-state index is -3.74. The van der Waals surface area contributed by atoms with Crippen LogP contribution >= 0.6 is 23.7 Å². The Labute approximate surface area is 224 Å². The van der Waals surface area contributed by atoms with Crippen LogP contribution in [0.1, 0.15) is 24.2 Å². The van der Waals surface area contributed by atoms with Crippen LogP contribution in [0.4, 0.5) is 5.13 Å². The lowest BCUT2D eigenvalue weighted by molar-refractivity contribution is 0.0983. The van der Waals surface area contributed by atoms with E-state index in [9.17, 15) is 13.2 Å². The van der Waals surface area contributed by atoms with Gasteiger partial charge in [0.05, 0.1) is 15.1 Å². The number of para-hydroxylation sites is 1. The molecule has 0 atom stereocenters. The Kier molecular flexibility index (Phi) is 11.3. The Bertz CT molecular complexity index is 1230. The maximum absolute atomic E-state index is 13.6. The van der Waals surface area contributed by atoms with Gasteiger partial charge < -0.3 is 4.90 Å². The first kappa shape index (κ1) is 29.7. The number of aromatic nitrogens is 1. The molecule has 36 heavy (non-hydrogen) atoms. The average molecular weight is 549 g/mol. The molecule has 1 amide bonds. The summed E-state index contributed by atoms with van der Waals surface area (Å²) in [5.41, 5.74) is 1.25. The zero-order chi connectivity index (χ0) is 25.4. The number of thiazole rings is 1. The van der Waals surface area contributed by atoms with Crippen molar-refractivity contribution in [3.05, 3.63) is 79.4 Å². The highest BCUT2D eigenvalue weighted by molar-refractivity contribution is 7.89. The third kappa shape index (κ3) is 6.80. The fourth-order valence-corrected chi connectivity index (χ4v) is 6.05. The van der Waals surface area contributed by atoms with E-state index in [1.807, 2.05) is 24.3 Å². The molecule has 0 bridgehead atoms. The second-order valence-electron chi connectivity index (χ2n) is 7.87. The Hall–Kier alpha value is -2.56. The van der Waals surface area contributed by atoms with Gasteiger partial charge in [-0.25, -0.2) is 13.4 Å². The van der Waals surface area contributed by atoms with Gasteiger partial charge >= 0.3 is 0 Å². The summed E-state index contributed by atoms with van der Waals surface area (Å²) in [4.78, 5) is 22.3. The van der Waals surface area contributed by atoms with Crippen molar-refractivity contribution in [3.63, 3.8) is 0 Å². The van der Waals surface area contributed by atoms with E-state index in [2.05, 4.69) is 31.9 Å². The maximum atomic E-state index is 13.6. The zero-order valence-electron chi connectivity index (χ0n) is 20.7. The van der Waals surface area contributed by atoms with Crippen LogP contribution in [0.3, 0.4) is 0 Å². The Morgan fingerprint density at radius 2 is 1.58 bits per heavy atom. The second-order valence-corrected chi connectivity index (χ2v) is 10.8. The molecular weight excluding hydrogens is 516 g/mol. The van der Waals surface area contributed by atoms with Gasteiger partial charge in [0.2, 0.25) is 10.0 Å². The average Bonchev–Trinajstić information content (AvgIpc) is 3.30. The molecule has 0 unspecified atom stereocenters. The summed E-state index contributed by atoms with van der Waals surface area (Å²) >= 11 is 1.47. The Morgan fingerprint density at radius 1 is 0.972 bits per heavy atom. The van der Waals surface area contributed by atoms with E-state index in [1.165, 1.54) is 39.9 Å². The molecule has 0 saturated heterocycles. The smallest absolute Gasteiger partial charge is 0.260 e. The number of fused-ring (bicyclic) bond motifs is 1. The number of benzene rings is 2. The van der Waals surface area contributed by atoms with Crippen LogP contribution in [0.5, 0.6) is 0 Å². The van der Waals surface area contributed by atoms with E-state index in [4.69, 9.17) is 4.98 Å². The summed E-state index contributed by atoms with van der Waals surface area (Å²) in [6, 6.07) is 13.9. The number of likely N-dealkylation sites (N-methyl/N-ethyl adjacent to an activating group) is 1. The van der Waals surface area contributed by atoms with Gasteiger partial charge in [0.1, 0.15) is 0 Å². The summed E-state index contributed by atoms with van der Waals surface area (Å²) in [5.74, 6) is -0.214. The van der Waals surface area contributed by atoms with Gasteiger partial charge in [0, 0.05) is 31.7 Å². The van der Waals surface area contributed by atoms with Crippen molar-refractivity contribution in [2.45, 2.75) is 18.7 Å². The summed E-state index contributed by atoms with van der Waals surface area (Å²) < 4.78 is 28.3. The molecule has 194 valence electrons. The third-order valence-corrected chi connectivity index (χ3v) is 8.60.